The number of hydrogen-bond donors (Lipinski definition) is 3. The van der Waals surface area contributed by atoms with Crippen LogP contribution in [0.15, 0.2) is 39.7 Å². The van der Waals surface area contributed by atoms with Crippen molar-refractivity contribution in [2.75, 3.05) is 7.05 Å². The molecule has 1 aromatic carbocycles. The van der Waals surface area contributed by atoms with Gasteiger partial charge in [0.2, 0.25) is 0 Å². The van der Waals surface area contributed by atoms with Crippen LogP contribution in [0.3, 0.4) is 0 Å². The highest BCUT2D eigenvalue weighted by molar-refractivity contribution is 14.0. The summed E-state index contributed by atoms with van der Waals surface area (Å²) in [4.78, 5) is 15.0. The monoisotopic (exact) mass is 464 g/mol. The van der Waals surface area contributed by atoms with Crippen molar-refractivity contribution in [1.29, 1.82) is 0 Å². The number of rotatable bonds is 5. The van der Waals surface area contributed by atoms with E-state index < -0.39 is 17.5 Å². The highest BCUT2D eigenvalue weighted by Gasteiger charge is 2.12. The number of carbonyl (C=O) groups is 1. The largest absolute Gasteiger partial charge is 0.454 e. The second-order valence-electron chi connectivity index (χ2n) is 5.10. The second kappa shape index (κ2) is 9.35. The van der Waals surface area contributed by atoms with Gasteiger partial charge in [0.1, 0.15) is 5.76 Å². The third-order valence-corrected chi connectivity index (χ3v) is 3.36. The molecule has 1 aromatic heterocycles. The molecular formula is C16H19F2IN4O2. The van der Waals surface area contributed by atoms with Crippen LogP contribution >= 0.6 is 24.0 Å². The number of amides is 1. The highest BCUT2D eigenvalue weighted by atomic mass is 127. The van der Waals surface area contributed by atoms with Crippen molar-refractivity contribution in [1.82, 2.24) is 10.6 Å². The molecule has 9 heteroatoms. The van der Waals surface area contributed by atoms with Crippen LogP contribution in [0.5, 0.6) is 0 Å². The average Bonchev–Trinajstić information content (AvgIpc) is 3.03. The molecule has 0 aliphatic rings. The molecular weight excluding hydrogens is 445 g/mol. The van der Waals surface area contributed by atoms with Crippen molar-refractivity contribution in [3.63, 3.8) is 0 Å². The van der Waals surface area contributed by atoms with Gasteiger partial charge in [-0.1, -0.05) is 6.07 Å². The predicted octanol–water partition coefficient (Wildman–Crippen LogP) is 2.70. The Balaban J connectivity index is 0.00000312. The van der Waals surface area contributed by atoms with Gasteiger partial charge in [-0.05, 0) is 36.8 Å². The highest BCUT2D eigenvalue weighted by Crippen LogP contribution is 2.15. The maximum Gasteiger partial charge on any atom is 0.284 e. The van der Waals surface area contributed by atoms with Crippen LogP contribution in [0.2, 0.25) is 0 Å². The minimum atomic E-state index is -0.904. The lowest BCUT2D eigenvalue weighted by Crippen LogP contribution is -2.38. The third-order valence-electron chi connectivity index (χ3n) is 3.36. The van der Waals surface area contributed by atoms with E-state index in [-0.39, 0.29) is 42.3 Å². The van der Waals surface area contributed by atoms with Gasteiger partial charge in [-0.2, -0.15) is 0 Å². The number of guanidine groups is 1. The van der Waals surface area contributed by atoms with Gasteiger partial charge in [-0.15, -0.1) is 24.0 Å². The first kappa shape index (κ1) is 20.9. The van der Waals surface area contributed by atoms with Crippen molar-refractivity contribution < 1.29 is 18.0 Å². The Morgan fingerprint density at radius 3 is 2.56 bits per heavy atom. The summed E-state index contributed by atoms with van der Waals surface area (Å²) in [6.45, 7) is 2.06. The average molecular weight is 464 g/mol. The number of nitrogens with zero attached hydrogens (tertiary/aromatic N) is 1. The molecule has 0 spiro atoms. The van der Waals surface area contributed by atoms with E-state index in [0.29, 0.717) is 17.3 Å². The molecule has 4 N–H and O–H groups in total. The molecule has 6 nitrogen and oxygen atoms in total. The number of benzene rings is 1. The third kappa shape index (κ3) is 5.69. The first-order valence-electron chi connectivity index (χ1n) is 7.21. The summed E-state index contributed by atoms with van der Waals surface area (Å²) >= 11 is 0. The molecule has 1 amide bonds. The van der Waals surface area contributed by atoms with E-state index in [1.807, 2.05) is 0 Å². The molecule has 0 saturated carbocycles. The molecule has 0 aliphatic heterocycles. The smallest absolute Gasteiger partial charge is 0.284 e. The SMILES string of the molecule is CN=C(NCc1ccc(C(N)=O)o1)NC(C)c1ccc(F)c(F)c1.I. The van der Waals surface area contributed by atoms with Crippen molar-refractivity contribution in [3.8, 4) is 0 Å². The van der Waals surface area contributed by atoms with Crippen LogP contribution in [0.25, 0.3) is 0 Å². The summed E-state index contributed by atoms with van der Waals surface area (Å²) in [7, 11) is 1.57. The summed E-state index contributed by atoms with van der Waals surface area (Å²) in [6.07, 6.45) is 0. The molecule has 1 atom stereocenters. The molecule has 0 fully saturated rings. The number of carbonyl (C=O) groups excluding carboxylic acids is 1. The zero-order valence-corrected chi connectivity index (χ0v) is 16.0. The van der Waals surface area contributed by atoms with Gasteiger partial charge in [0.15, 0.2) is 23.4 Å². The van der Waals surface area contributed by atoms with E-state index in [2.05, 4.69) is 15.6 Å². The van der Waals surface area contributed by atoms with Gasteiger partial charge < -0.3 is 20.8 Å². The Morgan fingerprint density at radius 2 is 2.00 bits per heavy atom. The fourth-order valence-electron chi connectivity index (χ4n) is 2.04. The van der Waals surface area contributed by atoms with E-state index >= 15 is 0 Å². The minimum Gasteiger partial charge on any atom is -0.454 e. The normalized spacial score (nSPS) is 12.2. The van der Waals surface area contributed by atoms with Crippen LogP contribution < -0.4 is 16.4 Å². The summed E-state index contributed by atoms with van der Waals surface area (Å²) in [5.74, 6) is -1.42. The molecule has 25 heavy (non-hydrogen) atoms. The molecule has 0 saturated heterocycles. The number of aliphatic imine (C=N–C) groups is 1. The summed E-state index contributed by atoms with van der Waals surface area (Å²) < 4.78 is 31.5. The molecule has 0 bridgehead atoms. The number of hydrogen-bond acceptors (Lipinski definition) is 3. The summed E-state index contributed by atoms with van der Waals surface area (Å²) in [5, 5.41) is 6.04. The molecule has 136 valence electrons. The number of furan rings is 1. The number of nitrogens with one attached hydrogen (secondary N) is 2. The van der Waals surface area contributed by atoms with E-state index in [0.717, 1.165) is 12.1 Å². The van der Waals surface area contributed by atoms with E-state index in [1.54, 1.807) is 20.0 Å². The lowest BCUT2D eigenvalue weighted by molar-refractivity contribution is 0.0972. The minimum absolute atomic E-state index is 0. The molecule has 0 radical (unpaired) electrons. The van der Waals surface area contributed by atoms with Crippen LogP contribution in [0, 0.1) is 11.6 Å². The Bertz CT molecular complexity index is 764. The van der Waals surface area contributed by atoms with Crippen molar-refractivity contribution in [2.24, 2.45) is 10.7 Å². The van der Waals surface area contributed by atoms with Gasteiger partial charge in [0.05, 0.1) is 12.6 Å². The van der Waals surface area contributed by atoms with Crippen LogP contribution in [-0.4, -0.2) is 18.9 Å². The first-order valence-corrected chi connectivity index (χ1v) is 7.21. The quantitative estimate of drug-likeness (QED) is 0.361. The number of primary amides is 1. The lowest BCUT2D eigenvalue weighted by atomic mass is 10.1. The standard InChI is InChI=1S/C16H18F2N4O2.HI/c1-9(10-3-5-12(17)13(18)7-10)22-16(20-2)21-8-11-4-6-14(24-11)15(19)23;/h3-7,9H,8H2,1-2H3,(H2,19,23)(H2,20,21,22);1H. The summed E-state index contributed by atoms with van der Waals surface area (Å²) in [5.41, 5.74) is 5.69. The van der Waals surface area contributed by atoms with Gasteiger partial charge >= 0.3 is 0 Å². The van der Waals surface area contributed by atoms with Crippen LogP contribution in [-0.2, 0) is 6.54 Å². The second-order valence-corrected chi connectivity index (χ2v) is 5.10. The number of nitrogens with two attached hydrogens (primary N) is 1. The van der Waals surface area contributed by atoms with Crippen LogP contribution in [0.4, 0.5) is 8.78 Å². The Labute approximate surface area is 160 Å². The van der Waals surface area contributed by atoms with Crippen molar-refractivity contribution in [2.45, 2.75) is 19.5 Å². The van der Waals surface area contributed by atoms with E-state index in [1.165, 1.54) is 12.1 Å². The zero-order chi connectivity index (χ0) is 17.7. The van der Waals surface area contributed by atoms with E-state index in [9.17, 15) is 13.6 Å². The predicted molar refractivity (Wildman–Crippen MR) is 101 cm³/mol. The fourth-order valence-corrected chi connectivity index (χ4v) is 2.04. The van der Waals surface area contributed by atoms with E-state index in [4.69, 9.17) is 10.2 Å². The zero-order valence-electron chi connectivity index (χ0n) is 13.7. The Hall–Kier alpha value is -2.17. The van der Waals surface area contributed by atoms with Gasteiger partial charge in [-0.3, -0.25) is 9.79 Å². The Morgan fingerprint density at radius 1 is 1.28 bits per heavy atom. The Kier molecular flexibility index (Phi) is 7.81. The molecule has 2 aromatic rings. The van der Waals surface area contributed by atoms with Gasteiger partial charge in [-0.25, -0.2) is 8.78 Å². The molecule has 0 aliphatic carbocycles. The maximum absolute atomic E-state index is 13.3. The molecule has 1 unspecified atom stereocenters. The van der Waals surface area contributed by atoms with Crippen molar-refractivity contribution in [3.05, 3.63) is 59.1 Å². The van der Waals surface area contributed by atoms with Gasteiger partial charge in [0, 0.05) is 7.05 Å². The molecule has 2 rings (SSSR count). The van der Waals surface area contributed by atoms with Crippen LogP contribution in [0.1, 0.15) is 34.8 Å². The molecule has 1 heterocycles. The lowest BCUT2D eigenvalue weighted by Gasteiger charge is -2.18. The topological polar surface area (TPSA) is 92.6 Å². The van der Waals surface area contributed by atoms with Gasteiger partial charge in [0.25, 0.3) is 5.91 Å². The van der Waals surface area contributed by atoms with Crippen molar-refractivity contribution >= 4 is 35.8 Å². The maximum atomic E-state index is 13.3. The number of halogens is 3. The summed E-state index contributed by atoms with van der Waals surface area (Å²) in [6, 6.07) is 6.51. The fraction of sp³-hybridized carbons (Fsp3) is 0.250. The first-order chi connectivity index (χ1) is 11.4.